The smallest absolute Gasteiger partial charge is 0.292 e. The number of hydrogen-bond acceptors (Lipinski definition) is 5. The molecule has 0 heterocycles. The van der Waals surface area contributed by atoms with Crippen LogP contribution in [0.25, 0.3) is 0 Å². The van der Waals surface area contributed by atoms with Crippen molar-refractivity contribution in [2.24, 2.45) is 0 Å². The van der Waals surface area contributed by atoms with Gasteiger partial charge in [0, 0.05) is 18.7 Å². The fourth-order valence-corrected chi connectivity index (χ4v) is 1.86. The number of nitro benzene ring substituents is 1. The van der Waals surface area contributed by atoms with Gasteiger partial charge in [0.25, 0.3) is 5.69 Å². The van der Waals surface area contributed by atoms with Gasteiger partial charge in [-0.3, -0.25) is 10.1 Å². The maximum Gasteiger partial charge on any atom is 0.292 e. The second-order valence-electron chi connectivity index (χ2n) is 4.74. The molecule has 1 aromatic rings. The van der Waals surface area contributed by atoms with Gasteiger partial charge in [-0.25, -0.2) is 0 Å². The van der Waals surface area contributed by atoms with Gasteiger partial charge in [-0.2, -0.15) is 0 Å². The Morgan fingerprint density at radius 3 is 2.74 bits per heavy atom. The van der Waals surface area contributed by atoms with Crippen LogP contribution < -0.4 is 10.1 Å². The molecule has 0 aromatic heterocycles. The highest BCUT2D eigenvalue weighted by Gasteiger charge is 2.21. The Balaban J connectivity index is 2.89. The van der Waals surface area contributed by atoms with Crippen molar-refractivity contribution in [3.63, 3.8) is 0 Å². The third-order valence-corrected chi connectivity index (χ3v) is 2.85. The highest BCUT2D eigenvalue weighted by atomic mass is 16.6. The number of aliphatic hydroxyl groups is 1. The van der Waals surface area contributed by atoms with Crippen molar-refractivity contribution < 1.29 is 14.8 Å². The molecule has 1 unspecified atom stereocenters. The first-order valence-electron chi connectivity index (χ1n) is 6.18. The van der Waals surface area contributed by atoms with Gasteiger partial charge in [0.1, 0.15) is 11.4 Å². The molecule has 6 nitrogen and oxygen atoms in total. The van der Waals surface area contributed by atoms with Gasteiger partial charge in [0.2, 0.25) is 0 Å². The van der Waals surface area contributed by atoms with Crippen LogP contribution in [-0.2, 0) is 0 Å². The third-order valence-electron chi connectivity index (χ3n) is 2.85. The van der Waals surface area contributed by atoms with E-state index in [0.29, 0.717) is 17.9 Å². The van der Waals surface area contributed by atoms with Crippen molar-refractivity contribution >= 4 is 11.4 Å². The SMILES string of the molecule is CCCC(C)(O)CNc1cc(OC)ccc1[N+](=O)[O-]. The number of anilines is 1. The molecule has 1 atom stereocenters. The van der Waals surface area contributed by atoms with Crippen molar-refractivity contribution in [1.29, 1.82) is 0 Å². The number of hydrogen-bond donors (Lipinski definition) is 2. The van der Waals surface area contributed by atoms with Crippen LogP contribution in [0.4, 0.5) is 11.4 Å². The predicted molar refractivity (Wildman–Crippen MR) is 73.7 cm³/mol. The number of nitrogens with one attached hydrogen (secondary N) is 1. The minimum absolute atomic E-state index is 0.0342. The largest absolute Gasteiger partial charge is 0.497 e. The van der Waals surface area contributed by atoms with Crippen LogP contribution in [0.3, 0.4) is 0 Å². The molecule has 6 heteroatoms. The molecule has 0 aliphatic rings. The van der Waals surface area contributed by atoms with E-state index in [-0.39, 0.29) is 12.2 Å². The summed E-state index contributed by atoms with van der Waals surface area (Å²) in [6.07, 6.45) is 1.46. The lowest BCUT2D eigenvalue weighted by atomic mass is 10.0. The maximum atomic E-state index is 10.9. The number of ether oxygens (including phenoxy) is 1. The number of nitrogens with zero attached hydrogens (tertiary/aromatic N) is 1. The van der Waals surface area contributed by atoms with Crippen LogP contribution in [-0.4, -0.2) is 29.3 Å². The molecule has 19 heavy (non-hydrogen) atoms. The Morgan fingerprint density at radius 1 is 1.53 bits per heavy atom. The number of rotatable bonds is 7. The fraction of sp³-hybridized carbons (Fsp3) is 0.538. The molecule has 0 aliphatic heterocycles. The molecule has 1 rings (SSSR count). The van der Waals surface area contributed by atoms with E-state index in [4.69, 9.17) is 4.74 Å². The van der Waals surface area contributed by atoms with Gasteiger partial charge < -0.3 is 15.2 Å². The van der Waals surface area contributed by atoms with E-state index in [1.54, 1.807) is 13.0 Å². The topological polar surface area (TPSA) is 84.6 Å². The van der Waals surface area contributed by atoms with Crippen LogP contribution in [0.2, 0.25) is 0 Å². The van der Waals surface area contributed by atoms with Gasteiger partial charge in [-0.15, -0.1) is 0 Å². The van der Waals surface area contributed by atoms with Crippen molar-refractivity contribution in [1.82, 2.24) is 0 Å². The zero-order valence-electron chi connectivity index (χ0n) is 11.5. The van der Waals surface area contributed by atoms with Crippen LogP contribution in [0, 0.1) is 10.1 Å². The van der Waals surface area contributed by atoms with E-state index in [9.17, 15) is 15.2 Å². The summed E-state index contributed by atoms with van der Waals surface area (Å²) in [5, 5.41) is 23.9. The van der Waals surface area contributed by atoms with Gasteiger partial charge in [0.15, 0.2) is 0 Å². The molecule has 106 valence electrons. The summed E-state index contributed by atoms with van der Waals surface area (Å²) in [7, 11) is 1.50. The first-order chi connectivity index (χ1) is 8.89. The Bertz CT molecular complexity index is 446. The lowest BCUT2D eigenvalue weighted by molar-refractivity contribution is -0.384. The lowest BCUT2D eigenvalue weighted by Gasteiger charge is -2.23. The summed E-state index contributed by atoms with van der Waals surface area (Å²) in [6.45, 7) is 3.92. The maximum absolute atomic E-state index is 10.9. The van der Waals surface area contributed by atoms with E-state index in [2.05, 4.69) is 5.32 Å². The highest BCUT2D eigenvalue weighted by molar-refractivity contribution is 5.64. The Kier molecular flexibility index (Phi) is 5.11. The van der Waals surface area contributed by atoms with Crippen LogP contribution in [0.5, 0.6) is 5.75 Å². The average molecular weight is 268 g/mol. The molecular weight excluding hydrogens is 248 g/mol. The zero-order valence-corrected chi connectivity index (χ0v) is 11.5. The summed E-state index contributed by atoms with van der Waals surface area (Å²) >= 11 is 0. The summed E-state index contributed by atoms with van der Waals surface area (Å²) in [5.41, 5.74) is -0.583. The lowest BCUT2D eigenvalue weighted by Crippen LogP contribution is -2.33. The van der Waals surface area contributed by atoms with Crippen molar-refractivity contribution in [3.8, 4) is 5.75 Å². The fourth-order valence-electron chi connectivity index (χ4n) is 1.86. The van der Waals surface area contributed by atoms with Crippen molar-refractivity contribution in [2.75, 3.05) is 19.0 Å². The van der Waals surface area contributed by atoms with Crippen molar-refractivity contribution in [3.05, 3.63) is 28.3 Å². The molecule has 0 fully saturated rings. The van der Waals surface area contributed by atoms with E-state index in [1.165, 1.54) is 19.2 Å². The minimum atomic E-state index is -0.897. The molecule has 2 N–H and O–H groups in total. The molecule has 0 bridgehead atoms. The highest BCUT2D eigenvalue weighted by Crippen LogP contribution is 2.29. The number of nitro groups is 1. The van der Waals surface area contributed by atoms with Crippen LogP contribution in [0.15, 0.2) is 18.2 Å². The second-order valence-corrected chi connectivity index (χ2v) is 4.74. The molecule has 1 aromatic carbocycles. The standard InChI is InChI=1S/C13H20N2O4/c1-4-7-13(2,16)9-14-11-8-10(19-3)5-6-12(11)15(17)18/h5-6,8,14,16H,4,7,9H2,1-3H3. The first-order valence-corrected chi connectivity index (χ1v) is 6.18. The summed E-state index contributed by atoms with van der Waals surface area (Å²) in [6, 6.07) is 4.48. The monoisotopic (exact) mass is 268 g/mol. The zero-order chi connectivity index (χ0) is 14.5. The van der Waals surface area contributed by atoms with Crippen LogP contribution in [0.1, 0.15) is 26.7 Å². The molecular formula is C13H20N2O4. The van der Waals surface area contributed by atoms with E-state index >= 15 is 0 Å². The quantitative estimate of drug-likeness (QED) is 0.586. The van der Waals surface area contributed by atoms with Gasteiger partial charge in [-0.05, 0) is 19.4 Å². The van der Waals surface area contributed by atoms with Crippen molar-refractivity contribution in [2.45, 2.75) is 32.3 Å². The van der Waals surface area contributed by atoms with Gasteiger partial charge in [-0.1, -0.05) is 13.3 Å². The Hall–Kier alpha value is -1.82. The molecule has 0 amide bonds. The third kappa shape index (κ3) is 4.40. The molecule has 0 radical (unpaired) electrons. The predicted octanol–water partition coefficient (Wildman–Crippen LogP) is 2.57. The second kappa shape index (κ2) is 6.38. The molecule has 0 spiro atoms. The molecule has 0 saturated heterocycles. The average Bonchev–Trinajstić information content (AvgIpc) is 2.35. The molecule has 0 saturated carbocycles. The summed E-state index contributed by atoms with van der Waals surface area (Å²) < 4.78 is 5.04. The normalized spacial score (nSPS) is 13.7. The first kappa shape index (κ1) is 15.2. The summed E-state index contributed by atoms with van der Waals surface area (Å²) in [5.74, 6) is 0.531. The number of benzene rings is 1. The van der Waals surface area contributed by atoms with Gasteiger partial charge >= 0.3 is 0 Å². The van der Waals surface area contributed by atoms with Gasteiger partial charge in [0.05, 0.1) is 17.6 Å². The Labute approximate surface area is 112 Å². The van der Waals surface area contributed by atoms with Crippen LogP contribution >= 0.6 is 0 Å². The Morgan fingerprint density at radius 2 is 2.21 bits per heavy atom. The van der Waals surface area contributed by atoms with E-state index in [1.807, 2.05) is 6.92 Å². The minimum Gasteiger partial charge on any atom is -0.497 e. The number of methoxy groups -OCH3 is 1. The molecule has 0 aliphatic carbocycles. The van der Waals surface area contributed by atoms with E-state index < -0.39 is 10.5 Å². The van der Waals surface area contributed by atoms with E-state index in [0.717, 1.165) is 6.42 Å². The summed E-state index contributed by atoms with van der Waals surface area (Å²) in [4.78, 5) is 10.5.